The van der Waals surface area contributed by atoms with Crippen LogP contribution in [0.15, 0.2) is 59.1 Å². The lowest BCUT2D eigenvalue weighted by molar-refractivity contribution is 0.383. The van der Waals surface area contributed by atoms with Crippen LogP contribution in [0.4, 0.5) is 5.69 Å². The van der Waals surface area contributed by atoms with Crippen molar-refractivity contribution in [3.63, 3.8) is 0 Å². The Morgan fingerprint density at radius 3 is 2.62 bits per heavy atom. The molecule has 0 aliphatic heterocycles. The van der Waals surface area contributed by atoms with Crippen molar-refractivity contribution in [1.29, 1.82) is 0 Å². The van der Waals surface area contributed by atoms with Gasteiger partial charge in [-0.15, -0.1) is 0 Å². The highest BCUT2D eigenvalue weighted by Gasteiger charge is 2.12. The second kappa shape index (κ2) is 6.09. The van der Waals surface area contributed by atoms with Crippen LogP contribution in [-0.4, -0.2) is 17.3 Å². The lowest BCUT2D eigenvalue weighted by Crippen LogP contribution is -1.99. The van der Waals surface area contributed by atoms with Crippen LogP contribution in [0.1, 0.15) is 5.89 Å². The molecule has 1 aromatic heterocycles. The van der Waals surface area contributed by atoms with E-state index in [-0.39, 0.29) is 0 Å². The zero-order valence-corrected chi connectivity index (χ0v) is 11.6. The van der Waals surface area contributed by atoms with Crippen molar-refractivity contribution in [3.8, 4) is 17.1 Å². The molecule has 0 radical (unpaired) electrons. The van der Waals surface area contributed by atoms with Gasteiger partial charge in [-0.3, -0.25) is 0 Å². The fourth-order valence-corrected chi connectivity index (χ4v) is 2.00. The molecule has 0 bridgehead atoms. The molecule has 0 fully saturated rings. The summed E-state index contributed by atoms with van der Waals surface area (Å²) in [6, 6.07) is 17.5. The van der Waals surface area contributed by atoms with E-state index in [0.717, 1.165) is 17.0 Å². The summed E-state index contributed by atoms with van der Waals surface area (Å²) >= 11 is 0. The van der Waals surface area contributed by atoms with Gasteiger partial charge in [0.25, 0.3) is 0 Å². The third-order valence-corrected chi connectivity index (χ3v) is 3.03. The Kier molecular flexibility index (Phi) is 3.82. The second-order valence-corrected chi connectivity index (χ2v) is 4.43. The molecule has 5 nitrogen and oxygen atoms in total. The number of anilines is 1. The highest BCUT2D eigenvalue weighted by molar-refractivity contribution is 5.63. The first kappa shape index (κ1) is 13.2. The normalized spacial score (nSPS) is 10.3. The summed E-state index contributed by atoms with van der Waals surface area (Å²) < 4.78 is 10.6. The summed E-state index contributed by atoms with van der Waals surface area (Å²) in [6.45, 7) is 0.478. The van der Waals surface area contributed by atoms with Crippen molar-refractivity contribution in [2.24, 2.45) is 0 Å². The minimum absolute atomic E-state index is 0.478. The molecule has 21 heavy (non-hydrogen) atoms. The van der Waals surface area contributed by atoms with Gasteiger partial charge in [-0.05, 0) is 24.3 Å². The van der Waals surface area contributed by atoms with E-state index >= 15 is 0 Å². The first-order chi connectivity index (χ1) is 10.4. The molecule has 0 atom stereocenters. The van der Waals surface area contributed by atoms with Gasteiger partial charge < -0.3 is 14.6 Å². The van der Waals surface area contributed by atoms with Crippen molar-refractivity contribution in [3.05, 3.63) is 60.5 Å². The molecule has 0 aliphatic rings. The molecule has 3 aromatic rings. The van der Waals surface area contributed by atoms with Crippen molar-refractivity contribution >= 4 is 5.69 Å². The van der Waals surface area contributed by atoms with E-state index in [1.54, 1.807) is 7.11 Å². The Morgan fingerprint density at radius 2 is 1.81 bits per heavy atom. The van der Waals surface area contributed by atoms with E-state index in [4.69, 9.17) is 9.26 Å². The van der Waals surface area contributed by atoms with E-state index in [2.05, 4.69) is 15.5 Å². The van der Waals surface area contributed by atoms with Crippen LogP contribution in [-0.2, 0) is 6.54 Å². The van der Waals surface area contributed by atoms with E-state index in [9.17, 15) is 0 Å². The zero-order chi connectivity index (χ0) is 14.5. The third kappa shape index (κ3) is 3.02. The van der Waals surface area contributed by atoms with Gasteiger partial charge in [-0.2, -0.15) is 4.98 Å². The summed E-state index contributed by atoms with van der Waals surface area (Å²) in [7, 11) is 1.62. The van der Waals surface area contributed by atoms with Crippen LogP contribution in [0.2, 0.25) is 0 Å². The van der Waals surface area contributed by atoms with Crippen LogP contribution in [0.5, 0.6) is 5.75 Å². The maximum Gasteiger partial charge on any atom is 0.246 e. The molecule has 0 spiro atoms. The Labute approximate surface area is 122 Å². The molecular weight excluding hydrogens is 266 g/mol. The number of para-hydroxylation sites is 2. The summed E-state index contributed by atoms with van der Waals surface area (Å²) in [6.07, 6.45) is 0. The molecule has 2 aromatic carbocycles. The monoisotopic (exact) mass is 281 g/mol. The topological polar surface area (TPSA) is 60.2 Å². The molecule has 5 heteroatoms. The largest absolute Gasteiger partial charge is 0.496 e. The second-order valence-electron chi connectivity index (χ2n) is 4.43. The Morgan fingerprint density at radius 1 is 1.05 bits per heavy atom. The number of aromatic nitrogens is 2. The number of rotatable bonds is 5. The smallest absolute Gasteiger partial charge is 0.246 e. The summed E-state index contributed by atoms with van der Waals surface area (Å²) in [5, 5.41) is 7.23. The van der Waals surface area contributed by atoms with Gasteiger partial charge in [0.2, 0.25) is 11.7 Å². The average molecular weight is 281 g/mol. The standard InChI is InChI=1S/C16H15N3O2/c1-20-14-10-6-5-9-13(14)16-18-15(21-19-16)11-17-12-7-3-2-4-8-12/h2-10,17H,11H2,1H3. The Bertz CT molecular complexity index is 710. The number of ether oxygens (including phenoxy) is 1. The lowest BCUT2D eigenvalue weighted by Gasteiger charge is -2.03. The van der Waals surface area contributed by atoms with Gasteiger partial charge in [0.15, 0.2) is 0 Å². The van der Waals surface area contributed by atoms with Crippen LogP contribution < -0.4 is 10.1 Å². The zero-order valence-electron chi connectivity index (χ0n) is 11.6. The third-order valence-electron chi connectivity index (χ3n) is 3.03. The van der Waals surface area contributed by atoms with Crippen LogP contribution in [0.3, 0.4) is 0 Å². The predicted molar refractivity (Wildman–Crippen MR) is 80.1 cm³/mol. The van der Waals surface area contributed by atoms with Gasteiger partial charge in [-0.25, -0.2) is 0 Å². The predicted octanol–water partition coefficient (Wildman–Crippen LogP) is 3.36. The van der Waals surface area contributed by atoms with Gasteiger partial charge in [0.05, 0.1) is 19.2 Å². The van der Waals surface area contributed by atoms with Gasteiger partial charge in [0.1, 0.15) is 5.75 Å². The molecule has 0 unspecified atom stereocenters. The first-order valence-electron chi connectivity index (χ1n) is 6.62. The lowest BCUT2D eigenvalue weighted by atomic mass is 10.2. The van der Waals surface area contributed by atoms with Gasteiger partial charge in [-0.1, -0.05) is 35.5 Å². The van der Waals surface area contributed by atoms with Crippen LogP contribution >= 0.6 is 0 Å². The summed E-state index contributed by atoms with van der Waals surface area (Å²) in [4.78, 5) is 4.38. The van der Waals surface area contributed by atoms with E-state index < -0.39 is 0 Å². The van der Waals surface area contributed by atoms with Crippen molar-refractivity contribution < 1.29 is 9.26 Å². The van der Waals surface area contributed by atoms with E-state index in [1.807, 2.05) is 54.6 Å². The van der Waals surface area contributed by atoms with Crippen molar-refractivity contribution in [2.45, 2.75) is 6.54 Å². The number of methoxy groups -OCH3 is 1. The van der Waals surface area contributed by atoms with Gasteiger partial charge in [0, 0.05) is 5.69 Å². The van der Waals surface area contributed by atoms with Crippen LogP contribution in [0.25, 0.3) is 11.4 Å². The molecule has 1 N–H and O–H groups in total. The van der Waals surface area contributed by atoms with Crippen molar-refractivity contribution in [1.82, 2.24) is 10.1 Å². The maximum atomic E-state index is 5.30. The molecule has 0 aliphatic carbocycles. The highest BCUT2D eigenvalue weighted by Crippen LogP contribution is 2.27. The first-order valence-corrected chi connectivity index (χ1v) is 6.62. The number of nitrogens with zero attached hydrogens (tertiary/aromatic N) is 2. The SMILES string of the molecule is COc1ccccc1-c1noc(CNc2ccccc2)n1. The van der Waals surface area contributed by atoms with Gasteiger partial charge >= 0.3 is 0 Å². The average Bonchev–Trinajstić information content (AvgIpc) is 3.02. The maximum absolute atomic E-state index is 5.30. The molecule has 0 saturated carbocycles. The molecule has 0 saturated heterocycles. The summed E-state index contributed by atoms with van der Waals surface area (Å²) in [5.41, 5.74) is 1.82. The number of hydrogen-bond acceptors (Lipinski definition) is 5. The van der Waals surface area contributed by atoms with Crippen molar-refractivity contribution in [2.75, 3.05) is 12.4 Å². The number of benzene rings is 2. The molecular formula is C16H15N3O2. The minimum Gasteiger partial charge on any atom is -0.496 e. The van der Waals surface area contributed by atoms with E-state index in [1.165, 1.54) is 0 Å². The number of nitrogens with one attached hydrogen (secondary N) is 1. The summed E-state index contributed by atoms with van der Waals surface area (Å²) in [5.74, 6) is 1.78. The molecule has 0 amide bonds. The number of hydrogen-bond donors (Lipinski definition) is 1. The minimum atomic E-state index is 0.478. The highest BCUT2D eigenvalue weighted by atomic mass is 16.5. The molecule has 3 rings (SSSR count). The Balaban J connectivity index is 1.74. The molecule has 1 heterocycles. The Hall–Kier alpha value is -2.82. The fourth-order valence-electron chi connectivity index (χ4n) is 2.00. The quantitative estimate of drug-likeness (QED) is 0.777. The van der Waals surface area contributed by atoms with E-state index in [0.29, 0.717) is 18.3 Å². The molecule has 106 valence electrons. The fraction of sp³-hybridized carbons (Fsp3) is 0.125. The van der Waals surface area contributed by atoms with Crippen LogP contribution in [0, 0.1) is 0 Å².